The SMILES string of the molecule is N=C(N)c1ccc(N2CCC[C@H]3CCCC[C@H]32)c(F)c1Br. The summed E-state index contributed by atoms with van der Waals surface area (Å²) in [6.07, 6.45) is 7.39. The molecule has 1 aliphatic carbocycles. The monoisotopic (exact) mass is 353 g/mol. The summed E-state index contributed by atoms with van der Waals surface area (Å²) in [6.45, 7) is 0.921. The fourth-order valence-corrected chi connectivity index (χ4v) is 4.44. The lowest BCUT2D eigenvalue weighted by atomic mass is 9.78. The van der Waals surface area contributed by atoms with Crippen LogP contribution in [0.2, 0.25) is 0 Å². The van der Waals surface area contributed by atoms with Gasteiger partial charge in [-0.3, -0.25) is 5.41 Å². The molecule has 2 fully saturated rings. The summed E-state index contributed by atoms with van der Waals surface area (Å²) >= 11 is 3.26. The molecule has 1 saturated heterocycles. The maximum absolute atomic E-state index is 14.7. The molecule has 21 heavy (non-hydrogen) atoms. The van der Waals surface area contributed by atoms with Crippen molar-refractivity contribution in [3.63, 3.8) is 0 Å². The van der Waals surface area contributed by atoms with E-state index in [0.717, 1.165) is 19.4 Å². The van der Waals surface area contributed by atoms with Gasteiger partial charge in [-0.05, 0) is 59.7 Å². The molecule has 5 heteroatoms. The zero-order chi connectivity index (χ0) is 15.0. The number of benzene rings is 1. The number of rotatable bonds is 2. The molecule has 1 aromatic rings. The van der Waals surface area contributed by atoms with Crippen LogP contribution in [-0.4, -0.2) is 18.4 Å². The van der Waals surface area contributed by atoms with Gasteiger partial charge in [0.05, 0.1) is 10.2 Å². The molecule has 3 N–H and O–H groups in total. The third-order valence-corrected chi connectivity index (χ3v) is 5.68. The maximum atomic E-state index is 14.7. The van der Waals surface area contributed by atoms with Gasteiger partial charge in [0.2, 0.25) is 0 Å². The van der Waals surface area contributed by atoms with Crippen LogP contribution in [0.25, 0.3) is 0 Å². The van der Waals surface area contributed by atoms with E-state index in [9.17, 15) is 4.39 Å². The molecule has 114 valence electrons. The van der Waals surface area contributed by atoms with E-state index >= 15 is 0 Å². The summed E-state index contributed by atoms with van der Waals surface area (Å²) < 4.78 is 15.0. The number of hydrogen-bond acceptors (Lipinski definition) is 2. The minimum atomic E-state index is -0.283. The van der Waals surface area contributed by atoms with Gasteiger partial charge in [0.25, 0.3) is 0 Å². The molecule has 0 unspecified atom stereocenters. The molecular weight excluding hydrogens is 333 g/mol. The Morgan fingerprint density at radius 2 is 1.95 bits per heavy atom. The standard InChI is InChI=1S/C16H21BrFN3/c17-14-11(16(19)20)7-8-13(15(14)18)21-9-3-5-10-4-1-2-6-12(10)21/h7-8,10,12H,1-6,9H2,(H3,19,20)/t10-,12-/m1/s1. The van der Waals surface area contributed by atoms with Crippen LogP contribution in [0.5, 0.6) is 0 Å². The Bertz CT molecular complexity index is 559. The molecule has 0 amide bonds. The molecule has 0 spiro atoms. The number of hydrogen-bond donors (Lipinski definition) is 2. The number of amidine groups is 1. The number of fused-ring (bicyclic) bond motifs is 1. The van der Waals surface area contributed by atoms with Crippen molar-refractivity contribution in [3.05, 3.63) is 28.0 Å². The number of halogens is 2. The Labute approximate surface area is 133 Å². The summed E-state index contributed by atoms with van der Waals surface area (Å²) in [5.41, 5.74) is 6.57. The first kappa shape index (κ1) is 14.8. The fourth-order valence-electron chi connectivity index (χ4n) is 3.89. The van der Waals surface area contributed by atoms with Gasteiger partial charge in [0, 0.05) is 18.2 Å². The first-order valence-electron chi connectivity index (χ1n) is 7.68. The number of nitrogens with zero attached hydrogens (tertiary/aromatic N) is 1. The third-order valence-electron chi connectivity index (χ3n) is 4.90. The lowest BCUT2D eigenvalue weighted by molar-refractivity contribution is 0.242. The Morgan fingerprint density at radius 3 is 2.71 bits per heavy atom. The highest BCUT2D eigenvalue weighted by Crippen LogP contribution is 2.40. The molecule has 1 heterocycles. The van der Waals surface area contributed by atoms with E-state index in [1.165, 1.54) is 25.7 Å². The highest BCUT2D eigenvalue weighted by molar-refractivity contribution is 9.10. The number of nitrogen functional groups attached to an aromatic ring is 1. The van der Waals surface area contributed by atoms with Crippen LogP contribution in [0.15, 0.2) is 16.6 Å². The van der Waals surface area contributed by atoms with Gasteiger partial charge in [0.1, 0.15) is 5.84 Å². The van der Waals surface area contributed by atoms with Crippen molar-refractivity contribution in [2.75, 3.05) is 11.4 Å². The van der Waals surface area contributed by atoms with Crippen molar-refractivity contribution in [1.29, 1.82) is 5.41 Å². The average Bonchev–Trinajstić information content (AvgIpc) is 2.49. The van der Waals surface area contributed by atoms with Gasteiger partial charge in [0.15, 0.2) is 5.82 Å². The largest absolute Gasteiger partial charge is 0.384 e. The van der Waals surface area contributed by atoms with Gasteiger partial charge in [-0.1, -0.05) is 12.8 Å². The molecule has 0 radical (unpaired) electrons. The van der Waals surface area contributed by atoms with Crippen LogP contribution >= 0.6 is 15.9 Å². The van der Waals surface area contributed by atoms with Crippen LogP contribution in [0, 0.1) is 17.1 Å². The zero-order valence-electron chi connectivity index (χ0n) is 12.0. The van der Waals surface area contributed by atoms with Crippen LogP contribution in [0.3, 0.4) is 0 Å². The van der Waals surface area contributed by atoms with E-state index in [0.29, 0.717) is 27.7 Å². The maximum Gasteiger partial charge on any atom is 0.161 e. The summed E-state index contributed by atoms with van der Waals surface area (Å²) in [5.74, 6) is 0.314. The minimum Gasteiger partial charge on any atom is -0.384 e. The van der Waals surface area contributed by atoms with Crippen LogP contribution < -0.4 is 10.6 Å². The molecule has 0 aromatic heterocycles. The minimum absolute atomic E-state index is 0.110. The van der Waals surface area contributed by atoms with Crippen molar-refractivity contribution in [2.45, 2.75) is 44.6 Å². The van der Waals surface area contributed by atoms with E-state index in [1.807, 2.05) is 0 Å². The molecule has 1 saturated carbocycles. The molecule has 1 aliphatic heterocycles. The first-order valence-corrected chi connectivity index (χ1v) is 8.48. The molecule has 3 nitrogen and oxygen atoms in total. The van der Waals surface area contributed by atoms with Gasteiger partial charge >= 0.3 is 0 Å². The van der Waals surface area contributed by atoms with E-state index in [-0.39, 0.29) is 11.7 Å². The van der Waals surface area contributed by atoms with Crippen LogP contribution in [0.4, 0.5) is 10.1 Å². The highest BCUT2D eigenvalue weighted by atomic mass is 79.9. The predicted octanol–water partition coefficient (Wildman–Crippen LogP) is 4.03. The van der Waals surface area contributed by atoms with Gasteiger partial charge in [-0.25, -0.2) is 4.39 Å². The lowest BCUT2D eigenvalue weighted by Crippen LogP contribution is -2.47. The Morgan fingerprint density at radius 1 is 1.24 bits per heavy atom. The summed E-state index contributed by atoms with van der Waals surface area (Å²) in [5, 5.41) is 7.50. The second-order valence-electron chi connectivity index (χ2n) is 6.12. The van der Waals surface area contributed by atoms with Crippen LogP contribution in [0.1, 0.15) is 44.1 Å². The molecule has 2 aliphatic rings. The van der Waals surface area contributed by atoms with E-state index in [1.54, 1.807) is 12.1 Å². The lowest BCUT2D eigenvalue weighted by Gasteiger charge is -2.45. The Hall–Kier alpha value is -1.10. The van der Waals surface area contributed by atoms with E-state index in [2.05, 4.69) is 20.8 Å². The fraction of sp³-hybridized carbons (Fsp3) is 0.562. The van der Waals surface area contributed by atoms with E-state index < -0.39 is 0 Å². The molecule has 0 bridgehead atoms. The normalized spacial score (nSPS) is 25.5. The van der Waals surface area contributed by atoms with Crippen LogP contribution in [-0.2, 0) is 0 Å². The number of piperidine rings is 1. The zero-order valence-corrected chi connectivity index (χ0v) is 13.6. The van der Waals surface area contributed by atoms with E-state index in [4.69, 9.17) is 11.1 Å². The topological polar surface area (TPSA) is 53.1 Å². The second kappa shape index (κ2) is 5.95. The average molecular weight is 354 g/mol. The molecule has 3 rings (SSSR count). The number of anilines is 1. The Balaban J connectivity index is 1.95. The highest BCUT2D eigenvalue weighted by Gasteiger charge is 2.34. The summed E-state index contributed by atoms with van der Waals surface area (Å²) in [6, 6.07) is 4.00. The van der Waals surface area contributed by atoms with Crippen molar-refractivity contribution >= 4 is 27.5 Å². The smallest absolute Gasteiger partial charge is 0.161 e. The summed E-state index contributed by atoms with van der Waals surface area (Å²) in [7, 11) is 0. The van der Waals surface area contributed by atoms with Crippen molar-refractivity contribution in [1.82, 2.24) is 0 Å². The molecule has 1 aromatic carbocycles. The van der Waals surface area contributed by atoms with Crippen molar-refractivity contribution < 1.29 is 4.39 Å². The predicted molar refractivity (Wildman–Crippen MR) is 87.4 cm³/mol. The number of nitrogens with one attached hydrogen (secondary N) is 1. The summed E-state index contributed by atoms with van der Waals surface area (Å²) in [4.78, 5) is 2.25. The Kier molecular flexibility index (Phi) is 4.20. The van der Waals surface area contributed by atoms with Gasteiger partial charge in [-0.15, -0.1) is 0 Å². The third kappa shape index (κ3) is 2.68. The molecular formula is C16H21BrFN3. The molecule has 2 atom stereocenters. The number of nitrogens with two attached hydrogens (primary N) is 1. The van der Waals surface area contributed by atoms with Gasteiger partial charge in [-0.2, -0.15) is 0 Å². The first-order chi connectivity index (χ1) is 10.1. The van der Waals surface area contributed by atoms with Crippen molar-refractivity contribution in [3.8, 4) is 0 Å². The van der Waals surface area contributed by atoms with Gasteiger partial charge < -0.3 is 10.6 Å². The quantitative estimate of drug-likeness (QED) is 0.622. The van der Waals surface area contributed by atoms with Crippen molar-refractivity contribution in [2.24, 2.45) is 11.7 Å². The second-order valence-corrected chi connectivity index (χ2v) is 6.91.